The smallest absolute Gasteiger partial charge is 0.251 e. The predicted molar refractivity (Wildman–Crippen MR) is 62.9 cm³/mol. The molecule has 0 aliphatic carbocycles. The van der Waals surface area contributed by atoms with Crippen molar-refractivity contribution in [2.75, 3.05) is 6.67 Å². The number of hydrogen-bond donors (Lipinski definition) is 0. The van der Waals surface area contributed by atoms with Crippen LogP contribution in [0.4, 0.5) is 17.6 Å². The number of alkyl halides is 4. The number of benzene rings is 1. The van der Waals surface area contributed by atoms with Gasteiger partial charge in [0.1, 0.15) is 0 Å². The van der Waals surface area contributed by atoms with Gasteiger partial charge in [0.25, 0.3) is 0 Å². The Labute approximate surface area is 107 Å². The third-order valence-corrected chi connectivity index (χ3v) is 2.69. The Balaban J connectivity index is 2.47. The largest absolute Gasteiger partial charge is 0.433 e. The molecule has 0 atom stereocenters. The Hall–Kier alpha value is -1.85. The summed E-state index contributed by atoms with van der Waals surface area (Å²) in [4.78, 5) is 0. The molecular weight excluding hydrogens is 260 g/mol. The fraction of sp³-hybridized carbons (Fsp3) is 0.308. The molecule has 0 radical (unpaired) electrons. The molecule has 2 nitrogen and oxygen atoms in total. The third kappa shape index (κ3) is 2.94. The van der Waals surface area contributed by atoms with Gasteiger partial charge in [-0.2, -0.15) is 18.3 Å². The van der Waals surface area contributed by atoms with Crippen LogP contribution >= 0.6 is 0 Å². The highest BCUT2D eigenvalue weighted by Gasteiger charge is 2.38. The van der Waals surface area contributed by atoms with E-state index in [0.717, 1.165) is 10.9 Å². The molecule has 0 saturated carbocycles. The molecule has 102 valence electrons. The molecule has 0 N–H and O–H groups in total. The molecule has 0 amide bonds. The van der Waals surface area contributed by atoms with Gasteiger partial charge in [0.2, 0.25) is 0 Å². The maximum Gasteiger partial charge on any atom is 0.433 e. The molecular formula is C13H12F4N2. The first-order chi connectivity index (χ1) is 9.04. The second-order valence-electron chi connectivity index (χ2n) is 4.06. The van der Waals surface area contributed by atoms with Crippen LogP contribution in [0, 0.1) is 0 Å². The van der Waals surface area contributed by atoms with Gasteiger partial charge in [0, 0.05) is 5.56 Å². The normalized spacial score (nSPS) is 11.8. The van der Waals surface area contributed by atoms with E-state index in [4.69, 9.17) is 0 Å². The first-order valence-electron chi connectivity index (χ1n) is 5.79. The molecule has 0 spiro atoms. The highest BCUT2D eigenvalue weighted by atomic mass is 19.4. The number of nitrogens with zero attached hydrogens (tertiary/aromatic N) is 2. The van der Waals surface area contributed by atoms with E-state index in [1.165, 1.54) is 0 Å². The fourth-order valence-electron chi connectivity index (χ4n) is 1.89. The van der Waals surface area contributed by atoms with Gasteiger partial charge in [-0.1, -0.05) is 18.2 Å². The second-order valence-corrected chi connectivity index (χ2v) is 4.06. The Morgan fingerprint density at radius 3 is 2.37 bits per heavy atom. The topological polar surface area (TPSA) is 17.8 Å². The van der Waals surface area contributed by atoms with Crippen LogP contribution in [0.25, 0.3) is 5.69 Å². The van der Waals surface area contributed by atoms with Crippen molar-refractivity contribution in [3.8, 4) is 5.69 Å². The van der Waals surface area contributed by atoms with Gasteiger partial charge in [-0.25, -0.2) is 4.68 Å². The quantitative estimate of drug-likeness (QED) is 0.774. The summed E-state index contributed by atoms with van der Waals surface area (Å²) in [7, 11) is 0. The Kier molecular flexibility index (Phi) is 3.87. The summed E-state index contributed by atoms with van der Waals surface area (Å²) in [6.07, 6.45) is -3.27. The number of aryl methyl sites for hydroxylation is 1. The highest BCUT2D eigenvalue weighted by molar-refractivity contribution is 5.36. The van der Waals surface area contributed by atoms with E-state index in [2.05, 4.69) is 5.10 Å². The zero-order valence-electron chi connectivity index (χ0n) is 9.99. The van der Waals surface area contributed by atoms with Crippen molar-refractivity contribution < 1.29 is 17.6 Å². The molecule has 1 heterocycles. The number of rotatable bonds is 4. The van der Waals surface area contributed by atoms with Gasteiger partial charge in [0.15, 0.2) is 5.69 Å². The van der Waals surface area contributed by atoms with E-state index in [1.54, 1.807) is 30.3 Å². The molecule has 1 aromatic heterocycles. The SMILES string of the molecule is FCCCc1cnn(-c2ccccc2)c1C(F)(F)F. The van der Waals surface area contributed by atoms with Crippen molar-refractivity contribution in [2.24, 2.45) is 0 Å². The Morgan fingerprint density at radius 1 is 1.11 bits per heavy atom. The van der Waals surface area contributed by atoms with E-state index in [9.17, 15) is 17.6 Å². The minimum Gasteiger partial charge on any atom is -0.251 e. The minimum atomic E-state index is -4.52. The summed E-state index contributed by atoms with van der Waals surface area (Å²) in [5.74, 6) is 0. The molecule has 0 unspecified atom stereocenters. The van der Waals surface area contributed by atoms with E-state index < -0.39 is 18.5 Å². The number of aromatic nitrogens is 2. The molecule has 0 aliphatic rings. The molecule has 1 aromatic carbocycles. The lowest BCUT2D eigenvalue weighted by Gasteiger charge is -2.12. The van der Waals surface area contributed by atoms with Crippen molar-refractivity contribution >= 4 is 0 Å². The molecule has 19 heavy (non-hydrogen) atoms. The summed E-state index contributed by atoms with van der Waals surface area (Å²) in [6, 6.07) is 8.07. The van der Waals surface area contributed by atoms with E-state index in [1.807, 2.05) is 0 Å². The van der Waals surface area contributed by atoms with Crippen molar-refractivity contribution in [2.45, 2.75) is 19.0 Å². The maximum atomic E-state index is 13.1. The summed E-state index contributed by atoms with van der Waals surface area (Å²) in [5.41, 5.74) is -0.470. The maximum absolute atomic E-state index is 13.1. The Morgan fingerprint density at radius 2 is 1.79 bits per heavy atom. The van der Waals surface area contributed by atoms with E-state index in [0.29, 0.717) is 5.69 Å². The van der Waals surface area contributed by atoms with Crippen molar-refractivity contribution in [1.29, 1.82) is 0 Å². The zero-order chi connectivity index (χ0) is 13.9. The van der Waals surface area contributed by atoms with Crippen LogP contribution in [0.1, 0.15) is 17.7 Å². The lowest BCUT2D eigenvalue weighted by atomic mass is 10.1. The van der Waals surface area contributed by atoms with Gasteiger partial charge in [-0.3, -0.25) is 4.39 Å². The van der Waals surface area contributed by atoms with Gasteiger partial charge in [-0.15, -0.1) is 0 Å². The minimum absolute atomic E-state index is 0.0222. The highest BCUT2D eigenvalue weighted by Crippen LogP contribution is 2.34. The third-order valence-electron chi connectivity index (χ3n) is 2.69. The second kappa shape index (κ2) is 5.42. The van der Waals surface area contributed by atoms with Gasteiger partial charge < -0.3 is 0 Å². The molecule has 0 bridgehead atoms. The van der Waals surface area contributed by atoms with Gasteiger partial charge >= 0.3 is 6.18 Å². The first-order valence-corrected chi connectivity index (χ1v) is 5.79. The van der Waals surface area contributed by atoms with E-state index >= 15 is 0 Å². The monoisotopic (exact) mass is 272 g/mol. The number of hydrogen-bond acceptors (Lipinski definition) is 1. The van der Waals surface area contributed by atoms with Crippen LogP contribution in [-0.2, 0) is 12.6 Å². The number of halogens is 4. The Bertz CT molecular complexity index is 531. The summed E-state index contributed by atoms with van der Waals surface area (Å²) in [6.45, 7) is -0.645. The molecule has 0 aliphatic heterocycles. The van der Waals surface area contributed by atoms with Crippen LogP contribution in [0.15, 0.2) is 36.5 Å². The summed E-state index contributed by atoms with van der Waals surface area (Å²) < 4.78 is 52.3. The van der Waals surface area contributed by atoms with Gasteiger partial charge in [-0.05, 0) is 25.0 Å². The lowest BCUT2D eigenvalue weighted by molar-refractivity contribution is -0.143. The first kappa shape index (κ1) is 13.6. The van der Waals surface area contributed by atoms with Crippen LogP contribution in [-0.4, -0.2) is 16.5 Å². The van der Waals surface area contributed by atoms with Crippen molar-refractivity contribution in [3.05, 3.63) is 47.8 Å². The van der Waals surface area contributed by atoms with Crippen molar-refractivity contribution in [3.63, 3.8) is 0 Å². The van der Waals surface area contributed by atoms with Crippen molar-refractivity contribution in [1.82, 2.24) is 9.78 Å². The molecule has 2 aromatic rings. The predicted octanol–water partition coefficient (Wildman–Crippen LogP) is 3.79. The molecule has 0 saturated heterocycles. The van der Waals surface area contributed by atoms with Gasteiger partial charge in [0.05, 0.1) is 18.6 Å². The fourth-order valence-corrected chi connectivity index (χ4v) is 1.89. The average Bonchev–Trinajstić information content (AvgIpc) is 2.81. The van der Waals surface area contributed by atoms with Crippen LogP contribution in [0.5, 0.6) is 0 Å². The molecule has 2 rings (SSSR count). The average molecular weight is 272 g/mol. The standard InChI is InChI=1S/C13H12F4N2/c14-8-4-5-10-9-18-19(12(10)13(15,16)17)11-6-2-1-3-7-11/h1-3,6-7,9H,4-5,8H2. The summed E-state index contributed by atoms with van der Waals surface area (Å²) in [5, 5.41) is 3.78. The van der Waals surface area contributed by atoms with E-state index in [-0.39, 0.29) is 18.4 Å². The summed E-state index contributed by atoms with van der Waals surface area (Å²) >= 11 is 0. The zero-order valence-corrected chi connectivity index (χ0v) is 9.99. The van der Waals surface area contributed by atoms with Crippen LogP contribution in [0.3, 0.4) is 0 Å². The van der Waals surface area contributed by atoms with Crippen LogP contribution < -0.4 is 0 Å². The lowest BCUT2D eigenvalue weighted by Crippen LogP contribution is -2.15. The molecule has 0 fully saturated rings. The number of para-hydroxylation sites is 1. The van der Waals surface area contributed by atoms with Crippen LogP contribution in [0.2, 0.25) is 0 Å². The molecule has 6 heteroatoms.